The van der Waals surface area contributed by atoms with Gasteiger partial charge in [0.1, 0.15) is 0 Å². The number of hydrogen-bond acceptors (Lipinski definition) is 4. The molecule has 0 aromatic rings. The first-order valence-corrected chi connectivity index (χ1v) is 4.62. The van der Waals surface area contributed by atoms with Crippen LogP contribution >= 0.6 is 0 Å². The van der Waals surface area contributed by atoms with Gasteiger partial charge >= 0.3 is 0 Å². The summed E-state index contributed by atoms with van der Waals surface area (Å²) in [4.78, 5) is 0. The van der Waals surface area contributed by atoms with Gasteiger partial charge < -0.3 is 19.7 Å². The minimum Gasteiger partial charge on any atom is -0.396 e. The van der Waals surface area contributed by atoms with Crippen LogP contribution in [0.4, 0.5) is 0 Å². The average Bonchev–Trinajstić information content (AvgIpc) is 2.20. The summed E-state index contributed by atoms with van der Waals surface area (Å²) < 4.78 is 10.4. The van der Waals surface area contributed by atoms with Gasteiger partial charge in [0.2, 0.25) is 0 Å². The van der Waals surface area contributed by atoms with Crippen LogP contribution in [0.5, 0.6) is 0 Å². The highest BCUT2D eigenvalue weighted by molar-refractivity contribution is 4.77. The maximum atomic E-state index is 9.11. The molecule has 0 atom stereocenters. The van der Waals surface area contributed by atoms with Gasteiger partial charge in [-0.05, 0) is 13.8 Å². The Balaban J connectivity index is 3.97. The fourth-order valence-electron chi connectivity index (χ4n) is 0.911. The summed E-state index contributed by atoms with van der Waals surface area (Å²) in [7, 11) is 0. The molecule has 0 unspecified atom stereocenters. The zero-order chi connectivity index (χ0) is 10.2. The lowest BCUT2D eigenvalue weighted by molar-refractivity contribution is -0.0730. The molecular formula is C9H20O4. The molecule has 4 heteroatoms. The van der Waals surface area contributed by atoms with E-state index in [-0.39, 0.29) is 13.2 Å². The second kappa shape index (κ2) is 7.26. The number of aliphatic hydroxyl groups is 2. The maximum absolute atomic E-state index is 9.11. The second-order valence-corrected chi connectivity index (χ2v) is 3.09. The molecule has 0 saturated carbocycles. The predicted molar refractivity (Wildman–Crippen MR) is 49.6 cm³/mol. The Hall–Kier alpha value is -0.160. The molecule has 0 aliphatic rings. The minimum atomic E-state index is -0.647. The van der Waals surface area contributed by atoms with Gasteiger partial charge in [0.25, 0.3) is 0 Å². The molecule has 2 N–H and O–H groups in total. The monoisotopic (exact) mass is 192 g/mol. The van der Waals surface area contributed by atoms with Crippen LogP contribution in [0.2, 0.25) is 0 Å². The molecule has 0 aromatic carbocycles. The van der Waals surface area contributed by atoms with Crippen molar-refractivity contribution >= 4 is 0 Å². The molecule has 0 aromatic heterocycles. The van der Waals surface area contributed by atoms with Crippen LogP contribution in [0, 0.1) is 5.41 Å². The van der Waals surface area contributed by atoms with Crippen LogP contribution in [-0.4, -0.2) is 49.9 Å². The van der Waals surface area contributed by atoms with Crippen molar-refractivity contribution in [3.05, 3.63) is 0 Å². The van der Waals surface area contributed by atoms with Gasteiger partial charge in [-0.15, -0.1) is 0 Å². The van der Waals surface area contributed by atoms with Crippen LogP contribution in [-0.2, 0) is 9.47 Å². The SMILES string of the molecule is CCOCC(CO)(CO)COCC. The van der Waals surface area contributed by atoms with E-state index < -0.39 is 5.41 Å². The lowest BCUT2D eigenvalue weighted by atomic mass is 9.92. The van der Waals surface area contributed by atoms with Gasteiger partial charge in [-0.25, -0.2) is 0 Å². The van der Waals surface area contributed by atoms with E-state index in [9.17, 15) is 0 Å². The van der Waals surface area contributed by atoms with Crippen LogP contribution < -0.4 is 0 Å². The van der Waals surface area contributed by atoms with Crippen LogP contribution in [0.15, 0.2) is 0 Å². The largest absolute Gasteiger partial charge is 0.396 e. The Kier molecular flexibility index (Phi) is 7.17. The lowest BCUT2D eigenvalue weighted by Gasteiger charge is -2.28. The molecule has 0 heterocycles. The normalized spacial score (nSPS) is 12.0. The Bertz CT molecular complexity index is 102. The Morgan fingerprint density at radius 1 is 0.923 bits per heavy atom. The third-order valence-electron chi connectivity index (χ3n) is 1.90. The quantitative estimate of drug-likeness (QED) is 0.569. The molecule has 4 nitrogen and oxygen atoms in total. The first kappa shape index (κ1) is 12.8. The molecule has 0 amide bonds. The van der Waals surface area contributed by atoms with Gasteiger partial charge in [0, 0.05) is 13.2 Å². The van der Waals surface area contributed by atoms with E-state index in [1.807, 2.05) is 13.8 Å². The molecule has 80 valence electrons. The van der Waals surface area contributed by atoms with Crippen molar-refractivity contribution in [1.82, 2.24) is 0 Å². The van der Waals surface area contributed by atoms with Crippen molar-refractivity contribution in [1.29, 1.82) is 0 Å². The Morgan fingerprint density at radius 2 is 1.31 bits per heavy atom. The number of hydrogen-bond donors (Lipinski definition) is 2. The summed E-state index contributed by atoms with van der Waals surface area (Å²) in [5.41, 5.74) is -0.647. The van der Waals surface area contributed by atoms with E-state index in [4.69, 9.17) is 19.7 Å². The van der Waals surface area contributed by atoms with Crippen molar-refractivity contribution < 1.29 is 19.7 Å². The molecule has 0 aliphatic carbocycles. The first-order valence-electron chi connectivity index (χ1n) is 4.62. The zero-order valence-electron chi connectivity index (χ0n) is 8.45. The van der Waals surface area contributed by atoms with Gasteiger partial charge in [-0.1, -0.05) is 0 Å². The fraction of sp³-hybridized carbons (Fsp3) is 1.00. The molecule has 0 fully saturated rings. The highest BCUT2D eigenvalue weighted by Gasteiger charge is 2.29. The highest BCUT2D eigenvalue weighted by atomic mass is 16.5. The smallest absolute Gasteiger partial charge is 0.0632 e. The van der Waals surface area contributed by atoms with Gasteiger partial charge in [-0.3, -0.25) is 0 Å². The average molecular weight is 192 g/mol. The molecule has 0 saturated heterocycles. The summed E-state index contributed by atoms with van der Waals surface area (Å²) >= 11 is 0. The van der Waals surface area contributed by atoms with E-state index in [1.54, 1.807) is 0 Å². The third-order valence-corrected chi connectivity index (χ3v) is 1.90. The Morgan fingerprint density at radius 3 is 1.54 bits per heavy atom. The summed E-state index contributed by atoms with van der Waals surface area (Å²) in [6.07, 6.45) is 0. The highest BCUT2D eigenvalue weighted by Crippen LogP contribution is 2.16. The Labute approximate surface area is 79.5 Å². The zero-order valence-corrected chi connectivity index (χ0v) is 8.45. The summed E-state index contributed by atoms with van der Waals surface area (Å²) in [6.45, 7) is 5.32. The summed E-state index contributed by atoms with van der Waals surface area (Å²) in [5, 5.41) is 18.2. The number of rotatable bonds is 8. The minimum absolute atomic E-state index is 0.122. The molecule has 0 bridgehead atoms. The van der Waals surface area contributed by atoms with Gasteiger partial charge in [-0.2, -0.15) is 0 Å². The summed E-state index contributed by atoms with van der Waals surface area (Å²) in [5.74, 6) is 0. The topological polar surface area (TPSA) is 58.9 Å². The van der Waals surface area contributed by atoms with Crippen LogP contribution in [0.25, 0.3) is 0 Å². The number of aliphatic hydroxyl groups excluding tert-OH is 2. The van der Waals surface area contributed by atoms with Crippen molar-refractivity contribution in [2.24, 2.45) is 5.41 Å². The maximum Gasteiger partial charge on any atom is 0.0632 e. The lowest BCUT2D eigenvalue weighted by Crippen LogP contribution is -2.39. The van der Waals surface area contributed by atoms with Crippen LogP contribution in [0.3, 0.4) is 0 Å². The number of ether oxygens (including phenoxy) is 2. The van der Waals surface area contributed by atoms with Crippen LogP contribution in [0.1, 0.15) is 13.8 Å². The van der Waals surface area contributed by atoms with E-state index >= 15 is 0 Å². The molecule has 0 aliphatic heterocycles. The second-order valence-electron chi connectivity index (χ2n) is 3.09. The predicted octanol–water partition coefficient (Wildman–Crippen LogP) is 0.0304. The summed E-state index contributed by atoms with van der Waals surface area (Å²) in [6, 6.07) is 0. The molecular weight excluding hydrogens is 172 g/mol. The van der Waals surface area contributed by atoms with Crippen molar-refractivity contribution in [2.75, 3.05) is 39.6 Å². The van der Waals surface area contributed by atoms with Crippen molar-refractivity contribution in [3.63, 3.8) is 0 Å². The fourth-order valence-corrected chi connectivity index (χ4v) is 0.911. The molecule has 13 heavy (non-hydrogen) atoms. The molecule has 0 spiro atoms. The van der Waals surface area contributed by atoms with E-state index in [0.29, 0.717) is 26.4 Å². The van der Waals surface area contributed by atoms with Gasteiger partial charge in [0.05, 0.1) is 31.8 Å². The van der Waals surface area contributed by atoms with E-state index in [0.717, 1.165) is 0 Å². The van der Waals surface area contributed by atoms with Crippen molar-refractivity contribution in [3.8, 4) is 0 Å². The van der Waals surface area contributed by atoms with Gasteiger partial charge in [0.15, 0.2) is 0 Å². The third kappa shape index (κ3) is 4.57. The molecule has 0 rings (SSSR count). The van der Waals surface area contributed by atoms with Crippen molar-refractivity contribution in [2.45, 2.75) is 13.8 Å². The molecule has 0 radical (unpaired) electrons. The van der Waals surface area contributed by atoms with E-state index in [2.05, 4.69) is 0 Å². The standard InChI is InChI=1S/C9H20O4/c1-3-12-7-9(5-10,6-11)8-13-4-2/h10-11H,3-8H2,1-2H3. The van der Waals surface area contributed by atoms with E-state index in [1.165, 1.54) is 0 Å². The first-order chi connectivity index (χ1) is 6.24.